The first kappa shape index (κ1) is 53.4. The number of carboxylic acid groups (broad SMARTS) is 2. The third-order valence-electron chi connectivity index (χ3n) is 0.986. The molecule has 0 unspecified atom stereocenters. The first-order chi connectivity index (χ1) is 4.54. The summed E-state index contributed by atoms with van der Waals surface area (Å²) in [6.45, 7) is 0. The van der Waals surface area contributed by atoms with E-state index in [-0.39, 0.29) is 91.2 Å². The van der Waals surface area contributed by atoms with Crippen molar-refractivity contribution in [3.8, 4) is 0 Å². The Kier molecular flexibility index (Phi) is 93.7. The number of nitrogens with two attached hydrogens (primary N) is 1. The maximum absolute atomic E-state index is 9.99. The molecule has 16 N–H and O–H groups in total. The van der Waals surface area contributed by atoms with Crippen molar-refractivity contribution in [1.29, 1.82) is 0 Å². The normalized spacial score (nSPS) is 7.35. The molecule has 12 heteroatoms. The molecule has 11 nitrogen and oxygen atoms in total. The van der Waals surface area contributed by atoms with Crippen LogP contribution in [0.5, 0.6) is 0 Å². The standard InChI is InChI=1S/C5H9NO4.6H2O.Sr.2H/c6-3(5(9)10)1-2-4(7)8;;;;;;;;;/h3H,1-2,6H2,(H,7,8)(H,9,10);6*1H2;;;/t3-;;;;;;;;;/m1........./s1. The van der Waals surface area contributed by atoms with Gasteiger partial charge in [0, 0.05) is 6.42 Å². The van der Waals surface area contributed by atoms with Crippen molar-refractivity contribution in [2.24, 2.45) is 5.73 Å². The van der Waals surface area contributed by atoms with E-state index in [0.29, 0.717) is 0 Å². The molecule has 0 bridgehead atoms. The molecular formula is C5H23NO10Sr. The van der Waals surface area contributed by atoms with E-state index in [9.17, 15) is 9.59 Å². The van der Waals surface area contributed by atoms with Gasteiger partial charge in [-0.3, -0.25) is 9.59 Å². The molecule has 0 aromatic heterocycles. The van der Waals surface area contributed by atoms with E-state index in [2.05, 4.69) is 0 Å². The van der Waals surface area contributed by atoms with Crippen molar-refractivity contribution in [2.75, 3.05) is 0 Å². The first-order valence-corrected chi connectivity index (χ1v) is 2.74. The average Bonchev–Trinajstić information content (AvgIpc) is 1.82. The van der Waals surface area contributed by atoms with E-state index in [1.807, 2.05) is 0 Å². The van der Waals surface area contributed by atoms with E-state index in [1.54, 1.807) is 0 Å². The molecule has 0 aliphatic heterocycles. The number of aliphatic carboxylic acids is 2. The quantitative estimate of drug-likeness (QED) is 0.417. The number of carboxylic acids is 2. The van der Waals surface area contributed by atoms with E-state index < -0.39 is 18.0 Å². The molecule has 0 saturated carbocycles. The summed E-state index contributed by atoms with van der Waals surface area (Å²) in [7, 11) is 0. The second-order valence-corrected chi connectivity index (χ2v) is 1.88. The summed E-state index contributed by atoms with van der Waals surface area (Å²) in [6, 6.07) is -1.06. The zero-order valence-electron chi connectivity index (χ0n) is 8.28. The predicted octanol–water partition coefficient (Wildman–Crippen LogP) is -6.60. The summed E-state index contributed by atoms with van der Waals surface area (Å²) in [6.07, 6.45) is -0.224. The van der Waals surface area contributed by atoms with Crippen LogP contribution in [-0.4, -0.2) is 107 Å². The first-order valence-electron chi connectivity index (χ1n) is 2.74. The van der Waals surface area contributed by atoms with Gasteiger partial charge in [-0.1, -0.05) is 0 Å². The van der Waals surface area contributed by atoms with Crippen LogP contribution >= 0.6 is 0 Å². The van der Waals surface area contributed by atoms with Gasteiger partial charge in [-0.15, -0.1) is 0 Å². The Morgan fingerprint density at radius 3 is 1.41 bits per heavy atom. The molecule has 0 aliphatic carbocycles. The minimum atomic E-state index is -1.17. The van der Waals surface area contributed by atoms with Gasteiger partial charge in [0.1, 0.15) is 6.04 Å². The number of hydrogen-bond acceptors (Lipinski definition) is 3. The van der Waals surface area contributed by atoms with Crippen LogP contribution in [0.1, 0.15) is 12.8 Å². The third kappa shape index (κ3) is 38.6. The second-order valence-electron chi connectivity index (χ2n) is 1.88. The fourth-order valence-electron chi connectivity index (χ4n) is 0.402. The van der Waals surface area contributed by atoms with E-state index in [0.717, 1.165) is 0 Å². The van der Waals surface area contributed by atoms with Gasteiger partial charge in [-0.05, 0) is 6.42 Å². The van der Waals surface area contributed by atoms with Gasteiger partial charge in [-0.25, -0.2) is 0 Å². The molecule has 0 heterocycles. The molecule has 0 amide bonds. The van der Waals surface area contributed by atoms with Crippen molar-refractivity contribution in [3.05, 3.63) is 0 Å². The van der Waals surface area contributed by atoms with E-state index in [1.165, 1.54) is 0 Å². The molecule has 0 aromatic carbocycles. The minimum absolute atomic E-state index is 0. The SMILES string of the molecule is N[C@H](CCC(=O)O)C(=O)O.O.O.O.O.O.O.[SrH2]. The number of hydrogen-bond donors (Lipinski definition) is 3. The van der Waals surface area contributed by atoms with Crippen LogP contribution in [0.2, 0.25) is 0 Å². The Hall–Kier alpha value is 0.141. The van der Waals surface area contributed by atoms with Crippen LogP contribution in [-0.2, 0) is 9.59 Å². The monoisotopic (exact) mass is 345 g/mol. The van der Waals surface area contributed by atoms with Crippen molar-refractivity contribution < 1.29 is 52.7 Å². The Morgan fingerprint density at radius 2 is 1.24 bits per heavy atom. The Balaban J connectivity index is -0.0000000193. The molecule has 0 saturated heterocycles. The van der Waals surface area contributed by atoms with Gasteiger partial charge in [0.2, 0.25) is 0 Å². The summed E-state index contributed by atoms with van der Waals surface area (Å²) >= 11 is 0. The molecule has 0 radical (unpaired) electrons. The van der Waals surface area contributed by atoms with Crippen molar-refractivity contribution in [3.63, 3.8) is 0 Å². The molecule has 0 rings (SSSR count). The molecule has 1 atom stereocenters. The summed E-state index contributed by atoms with van der Waals surface area (Å²) in [4.78, 5) is 19.9. The topological polar surface area (TPSA) is 290 Å². The van der Waals surface area contributed by atoms with Crippen LogP contribution in [0.25, 0.3) is 0 Å². The molecular weight excluding hydrogens is 322 g/mol. The molecule has 0 spiro atoms. The fourth-order valence-corrected chi connectivity index (χ4v) is 0.402. The summed E-state index contributed by atoms with van der Waals surface area (Å²) in [5.74, 6) is -2.20. The van der Waals surface area contributed by atoms with Gasteiger partial charge in [0.05, 0.1) is 0 Å². The molecule has 17 heavy (non-hydrogen) atoms. The van der Waals surface area contributed by atoms with Gasteiger partial charge in [0.25, 0.3) is 0 Å². The van der Waals surface area contributed by atoms with Crippen LogP contribution < -0.4 is 5.73 Å². The molecule has 110 valence electrons. The van der Waals surface area contributed by atoms with Crippen molar-refractivity contribution >= 4 is 57.4 Å². The summed E-state index contributed by atoms with van der Waals surface area (Å²) in [5.41, 5.74) is 5.00. The average molecular weight is 345 g/mol. The van der Waals surface area contributed by atoms with Crippen LogP contribution in [0.15, 0.2) is 0 Å². The van der Waals surface area contributed by atoms with Crippen LogP contribution in [0.3, 0.4) is 0 Å². The predicted molar refractivity (Wildman–Crippen MR) is 62.7 cm³/mol. The summed E-state index contributed by atoms with van der Waals surface area (Å²) < 4.78 is 0. The zero-order valence-corrected chi connectivity index (χ0v) is 8.28. The number of carbonyl (C=O) groups is 2. The Labute approximate surface area is 134 Å². The van der Waals surface area contributed by atoms with Gasteiger partial charge >= 0.3 is 57.4 Å². The molecule has 0 fully saturated rings. The number of rotatable bonds is 4. The van der Waals surface area contributed by atoms with Gasteiger partial charge in [0.15, 0.2) is 0 Å². The van der Waals surface area contributed by atoms with Gasteiger partial charge in [-0.2, -0.15) is 0 Å². The molecule has 0 aliphatic rings. The Morgan fingerprint density at radius 1 is 0.941 bits per heavy atom. The van der Waals surface area contributed by atoms with E-state index in [4.69, 9.17) is 15.9 Å². The van der Waals surface area contributed by atoms with Crippen molar-refractivity contribution in [1.82, 2.24) is 0 Å². The van der Waals surface area contributed by atoms with Crippen LogP contribution in [0.4, 0.5) is 0 Å². The zero-order chi connectivity index (χ0) is 8.15. The third-order valence-corrected chi connectivity index (χ3v) is 0.986. The van der Waals surface area contributed by atoms with Gasteiger partial charge < -0.3 is 48.8 Å². The van der Waals surface area contributed by atoms with Crippen molar-refractivity contribution in [2.45, 2.75) is 18.9 Å². The maximum atomic E-state index is 9.99. The molecule has 0 aromatic rings. The van der Waals surface area contributed by atoms with Crippen LogP contribution in [0, 0.1) is 0 Å². The fraction of sp³-hybridized carbons (Fsp3) is 0.600. The Bertz CT molecular complexity index is 156. The van der Waals surface area contributed by atoms with E-state index >= 15 is 0 Å². The summed E-state index contributed by atoms with van der Waals surface area (Å²) in [5, 5.41) is 16.3. The second kappa shape index (κ2) is 29.8.